The van der Waals surface area contributed by atoms with E-state index in [0.717, 1.165) is 6.07 Å². The standard InChI is InChI=1S/C15H9ClFNO2/c16-14-5-10(7-18)1-2-11(14)9-20-15-4-3-13(17)6-12(15)8-19/h1-6,8H,9H2. The fourth-order valence-corrected chi connectivity index (χ4v) is 1.87. The molecule has 0 aliphatic carbocycles. The zero-order valence-electron chi connectivity index (χ0n) is 10.3. The summed E-state index contributed by atoms with van der Waals surface area (Å²) in [5.74, 6) is -0.224. The summed E-state index contributed by atoms with van der Waals surface area (Å²) in [6, 6.07) is 10.5. The third kappa shape index (κ3) is 3.14. The molecule has 0 aromatic heterocycles. The number of benzene rings is 2. The van der Waals surface area contributed by atoms with Gasteiger partial charge in [-0.1, -0.05) is 17.7 Å². The number of ether oxygens (including phenoxy) is 1. The van der Waals surface area contributed by atoms with Crippen molar-refractivity contribution >= 4 is 17.9 Å². The lowest BCUT2D eigenvalue weighted by atomic mass is 10.1. The molecule has 0 atom stereocenters. The van der Waals surface area contributed by atoms with E-state index >= 15 is 0 Å². The van der Waals surface area contributed by atoms with Crippen molar-refractivity contribution in [2.24, 2.45) is 0 Å². The smallest absolute Gasteiger partial charge is 0.153 e. The van der Waals surface area contributed by atoms with Crippen molar-refractivity contribution in [2.45, 2.75) is 6.61 Å². The lowest BCUT2D eigenvalue weighted by Gasteiger charge is -2.09. The molecule has 3 nitrogen and oxygen atoms in total. The van der Waals surface area contributed by atoms with Crippen LogP contribution in [0.1, 0.15) is 21.5 Å². The van der Waals surface area contributed by atoms with Crippen molar-refractivity contribution in [3.63, 3.8) is 0 Å². The van der Waals surface area contributed by atoms with Gasteiger partial charge in [0.2, 0.25) is 0 Å². The highest BCUT2D eigenvalue weighted by Gasteiger charge is 2.07. The van der Waals surface area contributed by atoms with Crippen molar-refractivity contribution in [2.75, 3.05) is 0 Å². The van der Waals surface area contributed by atoms with Gasteiger partial charge in [0, 0.05) is 10.6 Å². The number of halogens is 2. The Morgan fingerprint density at radius 3 is 2.75 bits per heavy atom. The summed E-state index contributed by atoms with van der Waals surface area (Å²) in [6.45, 7) is 0.122. The maximum atomic E-state index is 13.0. The van der Waals surface area contributed by atoms with Gasteiger partial charge in [-0.05, 0) is 30.3 Å². The monoisotopic (exact) mass is 289 g/mol. The van der Waals surface area contributed by atoms with Crippen LogP contribution in [0, 0.1) is 17.1 Å². The average molecular weight is 290 g/mol. The minimum absolute atomic E-state index is 0.122. The number of hydrogen-bond donors (Lipinski definition) is 0. The SMILES string of the molecule is N#Cc1ccc(COc2ccc(F)cc2C=O)c(Cl)c1. The van der Waals surface area contributed by atoms with Crippen LogP contribution >= 0.6 is 11.6 Å². The Labute approximate surface area is 120 Å². The molecule has 100 valence electrons. The van der Waals surface area contributed by atoms with Gasteiger partial charge in [0.1, 0.15) is 18.2 Å². The van der Waals surface area contributed by atoms with E-state index in [-0.39, 0.29) is 17.9 Å². The number of hydrogen-bond acceptors (Lipinski definition) is 3. The Balaban J connectivity index is 2.17. The van der Waals surface area contributed by atoms with E-state index in [1.54, 1.807) is 12.1 Å². The van der Waals surface area contributed by atoms with Gasteiger partial charge in [-0.2, -0.15) is 5.26 Å². The van der Waals surface area contributed by atoms with Gasteiger partial charge < -0.3 is 4.74 Å². The molecule has 0 aliphatic rings. The van der Waals surface area contributed by atoms with E-state index in [1.807, 2.05) is 6.07 Å². The van der Waals surface area contributed by atoms with Gasteiger partial charge in [0.25, 0.3) is 0 Å². The highest BCUT2D eigenvalue weighted by atomic mass is 35.5. The first kappa shape index (κ1) is 14.0. The molecule has 2 aromatic carbocycles. The third-order valence-electron chi connectivity index (χ3n) is 2.66. The van der Waals surface area contributed by atoms with Gasteiger partial charge in [0.05, 0.1) is 17.2 Å². The van der Waals surface area contributed by atoms with Crippen LogP contribution in [0.3, 0.4) is 0 Å². The molecule has 0 amide bonds. The summed E-state index contributed by atoms with van der Waals surface area (Å²) < 4.78 is 18.4. The third-order valence-corrected chi connectivity index (χ3v) is 3.02. The molecule has 2 rings (SSSR count). The van der Waals surface area contributed by atoms with Gasteiger partial charge in [-0.15, -0.1) is 0 Å². The van der Waals surface area contributed by atoms with Crippen molar-refractivity contribution in [1.82, 2.24) is 0 Å². The van der Waals surface area contributed by atoms with E-state index < -0.39 is 5.82 Å². The average Bonchev–Trinajstić information content (AvgIpc) is 2.46. The van der Waals surface area contributed by atoms with Crippen LogP contribution in [0.2, 0.25) is 5.02 Å². The fraction of sp³-hybridized carbons (Fsp3) is 0.0667. The molecule has 0 saturated heterocycles. The Kier molecular flexibility index (Phi) is 4.34. The van der Waals surface area contributed by atoms with Crippen LogP contribution in [-0.2, 0) is 6.61 Å². The molecule has 0 spiro atoms. The fourth-order valence-electron chi connectivity index (χ4n) is 1.63. The van der Waals surface area contributed by atoms with Crippen LogP contribution in [0.4, 0.5) is 4.39 Å². The summed E-state index contributed by atoms with van der Waals surface area (Å²) in [6.07, 6.45) is 0.527. The summed E-state index contributed by atoms with van der Waals surface area (Å²) in [5.41, 5.74) is 1.26. The Morgan fingerprint density at radius 2 is 2.10 bits per heavy atom. The molecule has 0 heterocycles. The first-order valence-electron chi connectivity index (χ1n) is 5.70. The first-order valence-corrected chi connectivity index (χ1v) is 6.08. The molecule has 0 bridgehead atoms. The minimum atomic E-state index is -0.504. The Hall–Kier alpha value is -2.38. The van der Waals surface area contributed by atoms with E-state index in [4.69, 9.17) is 21.6 Å². The second-order valence-corrected chi connectivity index (χ2v) is 4.41. The number of nitrogens with zero attached hydrogens (tertiary/aromatic N) is 1. The van der Waals surface area contributed by atoms with Crippen LogP contribution in [0.5, 0.6) is 5.75 Å². The van der Waals surface area contributed by atoms with Gasteiger partial charge in [-0.3, -0.25) is 4.79 Å². The molecule has 5 heteroatoms. The predicted octanol–water partition coefficient (Wildman–Crippen LogP) is 3.74. The summed E-state index contributed by atoms with van der Waals surface area (Å²) in [7, 11) is 0. The molecule has 0 N–H and O–H groups in total. The number of rotatable bonds is 4. The van der Waals surface area contributed by atoms with Crippen LogP contribution in [0.25, 0.3) is 0 Å². The molecule has 0 fully saturated rings. The minimum Gasteiger partial charge on any atom is -0.488 e. The second kappa shape index (κ2) is 6.18. The number of nitriles is 1. The van der Waals surface area contributed by atoms with Crippen molar-refractivity contribution in [1.29, 1.82) is 5.26 Å². The Bertz CT molecular complexity index is 695. The number of aldehydes is 1. The second-order valence-electron chi connectivity index (χ2n) is 4.01. The molecule has 0 saturated carbocycles. The van der Waals surface area contributed by atoms with Crippen molar-refractivity contribution in [3.05, 3.63) is 63.9 Å². The lowest BCUT2D eigenvalue weighted by Crippen LogP contribution is -1.99. The Morgan fingerprint density at radius 1 is 1.30 bits per heavy atom. The van der Waals surface area contributed by atoms with Gasteiger partial charge in [0.15, 0.2) is 6.29 Å². The number of carbonyl (C=O) groups is 1. The molecular formula is C15H9ClFNO2. The highest BCUT2D eigenvalue weighted by Crippen LogP contribution is 2.22. The maximum absolute atomic E-state index is 13.0. The van der Waals surface area contributed by atoms with Crippen LogP contribution in [0.15, 0.2) is 36.4 Å². The summed E-state index contributed by atoms with van der Waals surface area (Å²) >= 11 is 6.01. The molecule has 0 unspecified atom stereocenters. The molecule has 0 radical (unpaired) electrons. The van der Waals surface area contributed by atoms with Gasteiger partial charge in [-0.25, -0.2) is 4.39 Å². The van der Waals surface area contributed by atoms with E-state index in [0.29, 0.717) is 22.4 Å². The summed E-state index contributed by atoms with van der Waals surface area (Å²) in [4.78, 5) is 10.8. The maximum Gasteiger partial charge on any atom is 0.153 e. The highest BCUT2D eigenvalue weighted by molar-refractivity contribution is 6.31. The topological polar surface area (TPSA) is 50.1 Å². The largest absolute Gasteiger partial charge is 0.488 e. The van der Waals surface area contributed by atoms with Crippen LogP contribution in [-0.4, -0.2) is 6.29 Å². The van der Waals surface area contributed by atoms with Crippen molar-refractivity contribution < 1.29 is 13.9 Å². The van der Waals surface area contributed by atoms with E-state index in [1.165, 1.54) is 18.2 Å². The zero-order chi connectivity index (χ0) is 14.5. The lowest BCUT2D eigenvalue weighted by molar-refractivity contribution is 0.111. The van der Waals surface area contributed by atoms with Gasteiger partial charge >= 0.3 is 0 Å². The summed E-state index contributed by atoms with van der Waals surface area (Å²) in [5, 5.41) is 9.14. The molecule has 0 aliphatic heterocycles. The van der Waals surface area contributed by atoms with E-state index in [9.17, 15) is 9.18 Å². The molecular weight excluding hydrogens is 281 g/mol. The van der Waals surface area contributed by atoms with Crippen LogP contribution < -0.4 is 4.74 Å². The molecule has 20 heavy (non-hydrogen) atoms. The number of carbonyl (C=O) groups excluding carboxylic acids is 1. The predicted molar refractivity (Wildman–Crippen MR) is 72.3 cm³/mol. The quantitative estimate of drug-likeness (QED) is 0.806. The first-order chi connectivity index (χ1) is 9.63. The normalized spacial score (nSPS) is 9.85. The zero-order valence-corrected chi connectivity index (χ0v) is 11.0. The van der Waals surface area contributed by atoms with Crippen molar-refractivity contribution in [3.8, 4) is 11.8 Å². The molecule has 2 aromatic rings. The van der Waals surface area contributed by atoms with E-state index in [2.05, 4.69) is 0 Å².